The maximum atomic E-state index is 12.8. The molecule has 4 aromatic rings. The van der Waals surface area contributed by atoms with E-state index in [4.69, 9.17) is 15.2 Å². The molecule has 5 rings (SSSR count). The van der Waals surface area contributed by atoms with Crippen LogP contribution in [0.1, 0.15) is 24.0 Å². The van der Waals surface area contributed by atoms with E-state index in [2.05, 4.69) is 44.1 Å². The lowest BCUT2D eigenvalue weighted by Crippen LogP contribution is -2.37. The van der Waals surface area contributed by atoms with Crippen LogP contribution in [0.25, 0.3) is 22.3 Å². The maximum absolute atomic E-state index is 12.8. The van der Waals surface area contributed by atoms with Crippen LogP contribution >= 0.6 is 0 Å². The van der Waals surface area contributed by atoms with E-state index < -0.39 is 11.1 Å². The Bertz CT molecular complexity index is 1510. The highest BCUT2D eigenvalue weighted by Crippen LogP contribution is 2.23. The first-order chi connectivity index (χ1) is 18.0. The number of ether oxygens (including phenoxy) is 2. The number of nitrogens with one attached hydrogen (secondary N) is 1. The summed E-state index contributed by atoms with van der Waals surface area (Å²) in [6, 6.07) is 16.5. The number of methoxy groups -OCH3 is 1. The summed E-state index contributed by atoms with van der Waals surface area (Å²) in [5.74, 6) is 0.0208. The number of anilines is 1. The molecular weight excluding hydrogens is 472 g/mol. The number of hydrogen-bond donors (Lipinski definition) is 2. The van der Waals surface area contributed by atoms with Gasteiger partial charge >= 0.3 is 17.1 Å². The van der Waals surface area contributed by atoms with Crippen LogP contribution in [0.15, 0.2) is 58.1 Å². The van der Waals surface area contributed by atoms with E-state index in [0.29, 0.717) is 6.61 Å². The Balaban J connectivity index is 1.41. The quantitative estimate of drug-likeness (QED) is 0.264. The van der Waals surface area contributed by atoms with Crippen molar-refractivity contribution >= 4 is 17.0 Å². The van der Waals surface area contributed by atoms with Crippen molar-refractivity contribution in [1.29, 1.82) is 0 Å². The van der Waals surface area contributed by atoms with Crippen molar-refractivity contribution in [2.45, 2.75) is 25.9 Å². The summed E-state index contributed by atoms with van der Waals surface area (Å²) in [5.41, 5.74) is 9.26. The van der Waals surface area contributed by atoms with Crippen molar-refractivity contribution in [3.63, 3.8) is 0 Å². The number of aromatic nitrogens is 4. The van der Waals surface area contributed by atoms with Gasteiger partial charge in [0, 0.05) is 13.7 Å². The van der Waals surface area contributed by atoms with E-state index in [1.165, 1.54) is 23.0 Å². The Morgan fingerprint density at radius 2 is 1.73 bits per heavy atom. The van der Waals surface area contributed by atoms with Gasteiger partial charge < -0.3 is 20.2 Å². The molecule has 2 aromatic heterocycles. The molecule has 1 aliphatic rings. The Labute approximate surface area is 213 Å². The van der Waals surface area contributed by atoms with Gasteiger partial charge in [0.2, 0.25) is 0 Å². The Morgan fingerprint density at radius 1 is 0.946 bits per heavy atom. The molecule has 0 unspecified atom stereocenters. The Morgan fingerprint density at radius 3 is 2.49 bits per heavy atom. The number of fused-ring (bicyclic) bond motifs is 1. The van der Waals surface area contributed by atoms with Crippen LogP contribution in [0.3, 0.4) is 0 Å². The lowest BCUT2D eigenvalue weighted by Gasteiger charge is -2.15. The standard InChI is InChI=1S/C27H30N6O4/c1-36-13-14-37-27-30-23(28)22-24(31-27)33(26(35)25(34)29-22)17-18-7-9-20(10-8-18)21-6-4-5-19(15-21)16-32-11-2-3-12-32/h4-10,15H,2-3,11-14,16-17H2,1H3,(H,29,34)(H2,28,30,31). The number of rotatable bonds is 9. The minimum absolute atomic E-state index is 0.00593. The SMILES string of the molecule is COCCOc1nc(N)c2[nH]c(=O)c(=O)n(Cc3ccc(-c4cccc(CN5CCCC5)c4)cc3)c2n1. The van der Waals surface area contributed by atoms with Crippen molar-refractivity contribution in [3.8, 4) is 17.1 Å². The monoisotopic (exact) mass is 502 g/mol. The second-order valence-electron chi connectivity index (χ2n) is 9.16. The number of likely N-dealkylation sites (tertiary alicyclic amines) is 1. The van der Waals surface area contributed by atoms with Crippen LogP contribution < -0.4 is 21.6 Å². The number of nitrogens with zero attached hydrogens (tertiary/aromatic N) is 4. The molecule has 0 atom stereocenters. The topological polar surface area (TPSA) is 128 Å². The van der Waals surface area contributed by atoms with Crippen molar-refractivity contribution in [2.24, 2.45) is 0 Å². The normalized spacial score (nSPS) is 13.9. The number of nitrogens with two attached hydrogens (primary N) is 1. The third-order valence-electron chi connectivity index (χ3n) is 6.51. The molecule has 0 aliphatic carbocycles. The molecular formula is C27H30N6O4. The van der Waals surface area contributed by atoms with Crippen molar-refractivity contribution < 1.29 is 9.47 Å². The summed E-state index contributed by atoms with van der Waals surface area (Å²) in [7, 11) is 1.55. The summed E-state index contributed by atoms with van der Waals surface area (Å²) in [6.45, 7) is 3.98. The number of H-pyrrole nitrogens is 1. The minimum Gasteiger partial charge on any atom is -0.461 e. The van der Waals surface area contributed by atoms with E-state index in [1.54, 1.807) is 7.11 Å². The minimum atomic E-state index is -0.790. The Kier molecular flexibility index (Phi) is 7.29. The predicted octanol–water partition coefficient (Wildman–Crippen LogP) is 2.40. The van der Waals surface area contributed by atoms with Gasteiger partial charge in [-0.3, -0.25) is 19.1 Å². The van der Waals surface area contributed by atoms with Gasteiger partial charge in [-0.05, 0) is 54.3 Å². The number of hydrogen-bond acceptors (Lipinski definition) is 8. The molecule has 1 saturated heterocycles. The van der Waals surface area contributed by atoms with Gasteiger partial charge in [0.1, 0.15) is 12.1 Å². The summed E-state index contributed by atoms with van der Waals surface area (Å²) in [4.78, 5) is 38.5. The van der Waals surface area contributed by atoms with Gasteiger partial charge in [-0.2, -0.15) is 9.97 Å². The van der Waals surface area contributed by atoms with E-state index >= 15 is 0 Å². The third-order valence-corrected chi connectivity index (χ3v) is 6.51. The molecule has 37 heavy (non-hydrogen) atoms. The first kappa shape index (κ1) is 24.7. The van der Waals surface area contributed by atoms with Gasteiger partial charge in [-0.1, -0.05) is 42.5 Å². The van der Waals surface area contributed by atoms with Crippen LogP contribution in [0, 0.1) is 0 Å². The molecule has 0 spiro atoms. The molecule has 1 fully saturated rings. The van der Waals surface area contributed by atoms with Gasteiger partial charge in [-0.25, -0.2) is 0 Å². The zero-order chi connectivity index (χ0) is 25.8. The summed E-state index contributed by atoms with van der Waals surface area (Å²) >= 11 is 0. The fraction of sp³-hybridized carbons (Fsp3) is 0.333. The van der Waals surface area contributed by atoms with Crippen LogP contribution in [0.4, 0.5) is 5.82 Å². The summed E-state index contributed by atoms with van der Waals surface area (Å²) in [5, 5.41) is 0. The molecule has 0 amide bonds. The molecule has 0 radical (unpaired) electrons. The predicted molar refractivity (Wildman–Crippen MR) is 142 cm³/mol. The van der Waals surface area contributed by atoms with Crippen LogP contribution in [-0.4, -0.2) is 57.8 Å². The first-order valence-electron chi connectivity index (χ1n) is 12.3. The van der Waals surface area contributed by atoms with E-state index in [1.807, 2.05) is 24.3 Å². The second-order valence-corrected chi connectivity index (χ2v) is 9.16. The van der Waals surface area contributed by atoms with Crippen molar-refractivity contribution in [1.82, 2.24) is 24.4 Å². The lowest BCUT2D eigenvalue weighted by atomic mass is 10.0. The molecule has 10 heteroatoms. The van der Waals surface area contributed by atoms with Gasteiger partial charge in [0.05, 0.1) is 13.2 Å². The molecule has 1 aliphatic heterocycles. The zero-order valence-corrected chi connectivity index (χ0v) is 20.8. The van der Waals surface area contributed by atoms with Crippen LogP contribution in [0.5, 0.6) is 6.01 Å². The summed E-state index contributed by atoms with van der Waals surface area (Å²) in [6.07, 6.45) is 2.54. The first-order valence-corrected chi connectivity index (χ1v) is 12.3. The van der Waals surface area contributed by atoms with Crippen molar-refractivity contribution in [2.75, 3.05) is 39.1 Å². The molecule has 0 saturated carbocycles. The molecule has 0 bridgehead atoms. The maximum Gasteiger partial charge on any atom is 0.320 e. The van der Waals surface area contributed by atoms with Gasteiger partial charge in [-0.15, -0.1) is 0 Å². The highest BCUT2D eigenvalue weighted by Gasteiger charge is 2.16. The fourth-order valence-electron chi connectivity index (χ4n) is 4.61. The average Bonchev–Trinajstić information content (AvgIpc) is 3.41. The van der Waals surface area contributed by atoms with Gasteiger partial charge in [0.25, 0.3) is 0 Å². The largest absolute Gasteiger partial charge is 0.461 e. The summed E-state index contributed by atoms with van der Waals surface area (Å²) < 4.78 is 11.8. The molecule has 3 N–H and O–H groups in total. The zero-order valence-electron chi connectivity index (χ0n) is 20.8. The van der Waals surface area contributed by atoms with Crippen molar-refractivity contribution in [3.05, 3.63) is 80.4 Å². The van der Waals surface area contributed by atoms with Gasteiger partial charge in [0.15, 0.2) is 11.5 Å². The number of nitrogen functional groups attached to an aromatic ring is 1. The second kappa shape index (κ2) is 10.9. The van der Waals surface area contributed by atoms with E-state index in [0.717, 1.165) is 36.3 Å². The molecule has 10 nitrogen and oxygen atoms in total. The smallest absolute Gasteiger partial charge is 0.320 e. The number of benzene rings is 2. The molecule has 3 heterocycles. The highest BCUT2D eigenvalue weighted by molar-refractivity contribution is 5.81. The number of aromatic amines is 1. The lowest BCUT2D eigenvalue weighted by molar-refractivity contribution is 0.141. The molecule has 192 valence electrons. The van der Waals surface area contributed by atoms with E-state index in [9.17, 15) is 9.59 Å². The highest BCUT2D eigenvalue weighted by atomic mass is 16.5. The van der Waals surface area contributed by atoms with Crippen LogP contribution in [-0.2, 0) is 17.8 Å². The average molecular weight is 503 g/mol. The fourth-order valence-corrected chi connectivity index (χ4v) is 4.61. The third kappa shape index (κ3) is 5.55. The molecule has 2 aromatic carbocycles. The van der Waals surface area contributed by atoms with E-state index in [-0.39, 0.29) is 36.1 Å². The Hall–Kier alpha value is -4.02. The van der Waals surface area contributed by atoms with Crippen LogP contribution in [0.2, 0.25) is 0 Å².